The molecule has 3 aromatic rings. The highest BCUT2D eigenvalue weighted by molar-refractivity contribution is 5.60. The van der Waals surface area contributed by atoms with Gasteiger partial charge in [-0.2, -0.15) is 0 Å². The van der Waals surface area contributed by atoms with Crippen molar-refractivity contribution in [1.82, 2.24) is 4.57 Å². The quantitative estimate of drug-likeness (QED) is 0.632. The molecule has 3 rings (SSSR count). The Morgan fingerprint density at radius 2 is 1.55 bits per heavy atom. The number of H-pyrrole nitrogens is 1. The lowest BCUT2D eigenvalue weighted by atomic mass is 10.1. The third-order valence-electron chi connectivity index (χ3n) is 3.44. The Kier molecular flexibility index (Phi) is 3.88. The topological polar surface area (TPSA) is 22.9 Å². The summed E-state index contributed by atoms with van der Waals surface area (Å²) in [4.78, 5) is 3.05. The van der Waals surface area contributed by atoms with Gasteiger partial charge >= 0.3 is 0 Å². The molecule has 3 nitrogen and oxygen atoms in total. The summed E-state index contributed by atoms with van der Waals surface area (Å²) in [5.41, 5.74) is 2.49. The minimum absolute atomic E-state index is 1.04. The van der Waals surface area contributed by atoms with Gasteiger partial charge in [0.2, 0.25) is 0 Å². The Morgan fingerprint density at radius 3 is 2.25 bits per heavy atom. The molecule has 3 aromatic heterocycles. The van der Waals surface area contributed by atoms with Crippen molar-refractivity contribution in [2.45, 2.75) is 19.5 Å². The van der Waals surface area contributed by atoms with Crippen LogP contribution >= 0.6 is 0 Å². The molecule has 0 spiro atoms. The molecule has 0 amide bonds. The summed E-state index contributed by atoms with van der Waals surface area (Å²) in [6, 6.07) is 12.7. The average Bonchev–Trinajstić information content (AvgIpc) is 3.02. The number of rotatable bonds is 5. The molecule has 0 aliphatic heterocycles. The van der Waals surface area contributed by atoms with Crippen molar-refractivity contribution < 1.29 is 9.55 Å². The molecular formula is C17H19N3+2. The minimum atomic E-state index is 1.04. The van der Waals surface area contributed by atoms with Gasteiger partial charge in [0.25, 0.3) is 0 Å². The Bertz CT molecular complexity index is 628. The number of pyridine rings is 2. The van der Waals surface area contributed by atoms with Crippen molar-refractivity contribution in [2.24, 2.45) is 0 Å². The first-order valence-electron chi connectivity index (χ1n) is 6.98. The van der Waals surface area contributed by atoms with E-state index in [0.717, 1.165) is 19.5 Å². The highest BCUT2D eigenvalue weighted by Gasteiger charge is 2.03. The van der Waals surface area contributed by atoms with Crippen LogP contribution in [0.15, 0.2) is 73.6 Å². The van der Waals surface area contributed by atoms with Gasteiger partial charge in [0.1, 0.15) is 6.54 Å². The molecule has 0 fully saturated rings. The van der Waals surface area contributed by atoms with Gasteiger partial charge in [0.05, 0.1) is 0 Å². The Labute approximate surface area is 119 Å². The van der Waals surface area contributed by atoms with E-state index < -0.39 is 0 Å². The third-order valence-corrected chi connectivity index (χ3v) is 3.44. The summed E-state index contributed by atoms with van der Waals surface area (Å²) in [6.07, 6.45) is 13.6. The number of hydrogen-bond donors (Lipinski definition) is 0. The predicted octanol–water partition coefficient (Wildman–Crippen LogP) is 2.35. The van der Waals surface area contributed by atoms with E-state index in [1.165, 1.54) is 11.1 Å². The molecule has 3 heterocycles. The fraction of sp³-hybridized carbons (Fsp3) is 0.176. The van der Waals surface area contributed by atoms with Gasteiger partial charge in [-0.15, -0.1) is 0 Å². The molecule has 0 aliphatic rings. The molecule has 20 heavy (non-hydrogen) atoms. The van der Waals surface area contributed by atoms with E-state index in [1.807, 2.05) is 12.4 Å². The average molecular weight is 265 g/mol. The Morgan fingerprint density at radius 1 is 0.900 bits per heavy atom. The number of aryl methyl sites for hydroxylation is 2. The van der Waals surface area contributed by atoms with Crippen molar-refractivity contribution in [3.05, 3.63) is 73.6 Å². The molecular weight excluding hydrogens is 246 g/mol. The van der Waals surface area contributed by atoms with Gasteiger partial charge < -0.3 is 4.57 Å². The Balaban J connectivity index is 1.59. The maximum atomic E-state index is 3.05. The van der Waals surface area contributed by atoms with E-state index >= 15 is 0 Å². The molecule has 0 atom stereocenters. The molecule has 0 bridgehead atoms. The second-order valence-electron chi connectivity index (χ2n) is 4.89. The van der Waals surface area contributed by atoms with E-state index in [-0.39, 0.29) is 0 Å². The molecule has 0 saturated heterocycles. The van der Waals surface area contributed by atoms with E-state index in [2.05, 4.69) is 75.3 Å². The second-order valence-corrected chi connectivity index (χ2v) is 4.89. The summed E-state index contributed by atoms with van der Waals surface area (Å²) in [7, 11) is 0. The van der Waals surface area contributed by atoms with Gasteiger partial charge in [0, 0.05) is 49.6 Å². The molecule has 0 unspecified atom stereocenters. The van der Waals surface area contributed by atoms with Crippen molar-refractivity contribution in [3.8, 4) is 11.1 Å². The smallest absolute Gasteiger partial charge is 0.169 e. The standard InChI is InChI=1S/C17H18N3/c1-2-11-19(10-1)12-3-13-20-14-6-17(7-15-20)16-4-8-18-9-5-16/h1-2,4-11,14-15H,3,12-13H2/q+1/p+1. The maximum Gasteiger partial charge on any atom is 0.169 e. The minimum Gasteiger partial charge on any atom is -0.354 e. The van der Waals surface area contributed by atoms with Crippen molar-refractivity contribution in [3.63, 3.8) is 0 Å². The first-order valence-corrected chi connectivity index (χ1v) is 6.98. The van der Waals surface area contributed by atoms with Gasteiger partial charge in [-0.05, 0) is 23.3 Å². The molecule has 0 aliphatic carbocycles. The van der Waals surface area contributed by atoms with Crippen LogP contribution in [0, 0.1) is 0 Å². The van der Waals surface area contributed by atoms with Crippen LogP contribution in [-0.4, -0.2) is 4.57 Å². The lowest BCUT2D eigenvalue weighted by Gasteiger charge is -2.02. The van der Waals surface area contributed by atoms with Crippen LogP contribution in [0.1, 0.15) is 6.42 Å². The van der Waals surface area contributed by atoms with Crippen LogP contribution < -0.4 is 9.55 Å². The summed E-state index contributed by atoms with van der Waals surface area (Å²) < 4.78 is 4.46. The number of hydrogen-bond acceptors (Lipinski definition) is 0. The van der Waals surface area contributed by atoms with Gasteiger partial charge in [-0.3, -0.25) is 0 Å². The van der Waals surface area contributed by atoms with Crippen LogP contribution in [0.5, 0.6) is 0 Å². The highest BCUT2D eigenvalue weighted by Crippen LogP contribution is 2.15. The van der Waals surface area contributed by atoms with E-state index in [0.29, 0.717) is 0 Å². The summed E-state index contributed by atoms with van der Waals surface area (Å²) >= 11 is 0. The molecule has 1 N–H and O–H groups in total. The first-order chi connectivity index (χ1) is 9.92. The third kappa shape index (κ3) is 3.12. The summed E-state index contributed by atoms with van der Waals surface area (Å²) in [5.74, 6) is 0. The number of aromatic amines is 1. The number of nitrogens with zero attached hydrogens (tertiary/aromatic N) is 2. The zero-order chi connectivity index (χ0) is 13.6. The largest absolute Gasteiger partial charge is 0.354 e. The summed E-state index contributed by atoms with van der Waals surface area (Å²) in [6.45, 7) is 2.11. The molecule has 0 radical (unpaired) electrons. The SMILES string of the molecule is c1ccn(CCC[n+]2ccc(-c3cc[nH+]cc3)cc2)c1. The highest BCUT2D eigenvalue weighted by atomic mass is 15.0. The van der Waals surface area contributed by atoms with Crippen LogP contribution in [0.4, 0.5) is 0 Å². The van der Waals surface area contributed by atoms with Crippen molar-refractivity contribution in [1.29, 1.82) is 0 Å². The van der Waals surface area contributed by atoms with Crippen molar-refractivity contribution >= 4 is 0 Å². The van der Waals surface area contributed by atoms with E-state index in [1.54, 1.807) is 0 Å². The molecule has 0 aromatic carbocycles. The first kappa shape index (κ1) is 12.6. The van der Waals surface area contributed by atoms with Gasteiger partial charge in [-0.1, -0.05) is 0 Å². The van der Waals surface area contributed by atoms with Crippen molar-refractivity contribution in [2.75, 3.05) is 0 Å². The molecule has 3 heteroatoms. The fourth-order valence-corrected chi connectivity index (χ4v) is 2.33. The van der Waals surface area contributed by atoms with Crippen LogP contribution in [0.3, 0.4) is 0 Å². The zero-order valence-electron chi connectivity index (χ0n) is 11.4. The number of nitrogens with one attached hydrogen (secondary N) is 1. The predicted molar refractivity (Wildman–Crippen MR) is 77.7 cm³/mol. The summed E-state index contributed by atoms with van der Waals surface area (Å²) in [5, 5.41) is 0. The monoisotopic (exact) mass is 265 g/mol. The van der Waals surface area contributed by atoms with Gasteiger partial charge in [0.15, 0.2) is 24.8 Å². The fourth-order valence-electron chi connectivity index (χ4n) is 2.33. The zero-order valence-corrected chi connectivity index (χ0v) is 11.4. The van der Waals surface area contributed by atoms with Crippen LogP contribution in [0.25, 0.3) is 11.1 Å². The Hall–Kier alpha value is -2.42. The second kappa shape index (κ2) is 6.15. The normalized spacial score (nSPS) is 10.6. The lowest BCUT2D eigenvalue weighted by Crippen LogP contribution is -2.32. The molecule has 0 saturated carbocycles. The van der Waals surface area contributed by atoms with E-state index in [9.17, 15) is 0 Å². The van der Waals surface area contributed by atoms with Crippen LogP contribution in [0.2, 0.25) is 0 Å². The number of aromatic nitrogens is 3. The molecule has 100 valence electrons. The van der Waals surface area contributed by atoms with Gasteiger partial charge in [-0.25, -0.2) is 9.55 Å². The van der Waals surface area contributed by atoms with Crippen LogP contribution in [-0.2, 0) is 13.1 Å². The lowest BCUT2D eigenvalue weighted by molar-refractivity contribution is -0.697. The maximum absolute atomic E-state index is 3.05. The van der Waals surface area contributed by atoms with E-state index in [4.69, 9.17) is 0 Å².